The Morgan fingerprint density at radius 2 is 1.45 bits per heavy atom. The minimum Gasteiger partial charge on any atom is -0.481 e. The smallest absolute Gasteiger partial charge is 0.304 e. The lowest BCUT2D eigenvalue weighted by molar-refractivity contribution is -0.137. The summed E-state index contributed by atoms with van der Waals surface area (Å²) in [7, 11) is 0. The van der Waals surface area contributed by atoms with Crippen LogP contribution >= 0.6 is 0 Å². The number of carbonyl (C=O) groups is 1. The molecule has 148 valence electrons. The molecule has 0 spiro atoms. The second-order valence-corrected chi connectivity index (χ2v) is 7.29. The molecule has 0 aliphatic carbocycles. The highest BCUT2D eigenvalue weighted by Crippen LogP contribution is 2.16. The number of hydrogen-bond acceptors (Lipinski definition) is 2. The van der Waals surface area contributed by atoms with Crippen LogP contribution in [0.15, 0.2) is 85.4 Å². The van der Waals surface area contributed by atoms with Gasteiger partial charge in [-0.2, -0.15) is 0 Å². The van der Waals surface area contributed by atoms with Gasteiger partial charge in [0.1, 0.15) is 0 Å². The maximum Gasteiger partial charge on any atom is 0.304 e. The standard InChI is InChI=1S/C26H27NO2/c1-2-21-10-6-12-24(16-21)19-27(15-14-26(28)29)20-25-13-7-11-23(18-25)17-22-8-4-3-5-9-22/h2-13,16,18H,1,14-15,17,19-20H2,(H,28,29). The van der Waals surface area contributed by atoms with Crippen molar-refractivity contribution in [3.63, 3.8) is 0 Å². The van der Waals surface area contributed by atoms with Gasteiger partial charge in [0.25, 0.3) is 0 Å². The van der Waals surface area contributed by atoms with E-state index in [0.717, 1.165) is 17.5 Å². The monoisotopic (exact) mass is 385 g/mol. The molecule has 0 heterocycles. The van der Waals surface area contributed by atoms with E-state index in [4.69, 9.17) is 5.11 Å². The van der Waals surface area contributed by atoms with Gasteiger partial charge in [0.05, 0.1) is 6.42 Å². The molecule has 3 heteroatoms. The Bertz CT molecular complexity index is 950. The largest absolute Gasteiger partial charge is 0.481 e. The fourth-order valence-electron chi connectivity index (χ4n) is 3.47. The van der Waals surface area contributed by atoms with Gasteiger partial charge in [0, 0.05) is 19.6 Å². The molecule has 3 nitrogen and oxygen atoms in total. The van der Waals surface area contributed by atoms with Gasteiger partial charge in [-0.15, -0.1) is 0 Å². The molecule has 3 aromatic carbocycles. The fraction of sp³-hybridized carbons (Fsp3) is 0.192. The van der Waals surface area contributed by atoms with Crippen molar-refractivity contribution >= 4 is 12.0 Å². The summed E-state index contributed by atoms with van der Waals surface area (Å²) in [5.41, 5.74) is 5.98. The van der Waals surface area contributed by atoms with Crippen LogP contribution in [0.1, 0.15) is 34.2 Å². The van der Waals surface area contributed by atoms with Crippen molar-refractivity contribution in [1.82, 2.24) is 4.90 Å². The molecule has 0 aliphatic heterocycles. The number of aliphatic carboxylic acids is 1. The molecule has 0 saturated heterocycles. The number of benzene rings is 3. The summed E-state index contributed by atoms with van der Waals surface area (Å²) in [5, 5.41) is 9.15. The van der Waals surface area contributed by atoms with Gasteiger partial charge in [0.15, 0.2) is 0 Å². The Labute approximate surface area is 172 Å². The lowest BCUT2D eigenvalue weighted by atomic mass is 10.0. The third-order valence-electron chi connectivity index (χ3n) is 4.88. The van der Waals surface area contributed by atoms with Crippen LogP contribution in [0.3, 0.4) is 0 Å². The summed E-state index contributed by atoms with van der Waals surface area (Å²) >= 11 is 0. The van der Waals surface area contributed by atoms with Crippen LogP contribution in [0.4, 0.5) is 0 Å². The molecule has 1 N–H and O–H groups in total. The molecule has 0 aliphatic rings. The molecule has 0 aromatic heterocycles. The summed E-state index contributed by atoms with van der Waals surface area (Å²) in [6.45, 7) is 5.76. The molecule has 0 bridgehead atoms. The minimum atomic E-state index is -0.771. The third kappa shape index (κ3) is 6.74. The number of rotatable bonds is 10. The first-order chi connectivity index (χ1) is 14.1. The molecule has 0 radical (unpaired) electrons. The van der Waals surface area contributed by atoms with Crippen LogP contribution in [0.25, 0.3) is 6.08 Å². The second-order valence-electron chi connectivity index (χ2n) is 7.29. The highest BCUT2D eigenvalue weighted by Gasteiger charge is 2.10. The van der Waals surface area contributed by atoms with Gasteiger partial charge < -0.3 is 5.11 Å². The van der Waals surface area contributed by atoms with Crippen molar-refractivity contribution < 1.29 is 9.90 Å². The Balaban J connectivity index is 1.73. The Morgan fingerprint density at radius 1 is 0.828 bits per heavy atom. The van der Waals surface area contributed by atoms with Gasteiger partial charge in [-0.3, -0.25) is 9.69 Å². The van der Waals surface area contributed by atoms with E-state index in [1.54, 1.807) is 0 Å². The second kappa shape index (κ2) is 10.4. The SMILES string of the molecule is C=Cc1cccc(CN(CCC(=O)O)Cc2cccc(Cc3ccccc3)c2)c1. The van der Waals surface area contributed by atoms with E-state index in [0.29, 0.717) is 19.6 Å². The van der Waals surface area contributed by atoms with E-state index in [9.17, 15) is 4.79 Å². The highest BCUT2D eigenvalue weighted by molar-refractivity contribution is 5.66. The molecule has 0 atom stereocenters. The zero-order valence-corrected chi connectivity index (χ0v) is 16.6. The first-order valence-corrected chi connectivity index (χ1v) is 9.89. The Morgan fingerprint density at radius 3 is 2.14 bits per heavy atom. The van der Waals surface area contributed by atoms with Crippen LogP contribution in [0.2, 0.25) is 0 Å². The van der Waals surface area contributed by atoms with E-state index in [1.807, 2.05) is 24.3 Å². The third-order valence-corrected chi connectivity index (χ3v) is 4.88. The normalized spacial score (nSPS) is 10.8. The topological polar surface area (TPSA) is 40.5 Å². The van der Waals surface area contributed by atoms with E-state index in [-0.39, 0.29) is 6.42 Å². The molecule has 0 fully saturated rings. The first kappa shape index (κ1) is 20.6. The van der Waals surface area contributed by atoms with Gasteiger partial charge in [0.2, 0.25) is 0 Å². The maximum absolute atomic E-state index is 11.1. The van der Waals surface area contributed by atoms with Crippen molar-refractivity contribution in [3.05, 3.63) is 113 Å². The van der Waals surface area contributed by atoms with Crippen molar-refractivity contribution in [2.45, 2.75) is 25.9 Å². The zero-order chi connectivity index (χ0) is 20.5. The van der Waals surface area contributed by atoms with Gasteiger partial charge >= 0.3 is 5.97 Å². The fourth-order valence-corrected chi connectivity index (χ4v) is 3.47. The molecule has 0 amide bonds. The average Bonchev–Trinajstić information content (AvgIpc) is 2.73. The molecular formula is C26H27NO2. The highest BCUT2D eigenvalue weighted by atomic mass is 16.4. The number of carboxylic acid groups (broad SMARTS) is 1. The van der Waals surface area contributed by atoms with Crippen LogP contribution in [-0.4, -0.2) is 22.5 Å². The van der Waals surface area contributed by atoms with E-state index in [1.165, 1.54) is 16.7 Å². The number of carboxylic acids is 1. The first-order valence-electron chi connectivity index (χ1n) is 9.89. The quantitative estimate of drug-likeness (QED) is 0.508. The van der Waals surface area contributed by atoms with Crippen LogP contribution in [-0.2, 0) is 24.3 Å². The molecule has 29 heavy (non-hydrogen) atoms. The predicted molar refractivity (Wildman–Crippen MR) is 119 cm³/mol. The lowest BCUT2D eigenvalue weighted by Gasteiger charge is -2.22. The maximum atomic E-state index is 11.1. The van der Waals surface area contributed by atoms with E-state index < -0.39 is 5.97 Å². The summed E-state index contributed by atoms with van der Waals surface area (Å²) in [6, 6.07) is 27.2. The van der Waals surface area contributed by atoms with Crippen molar-refractivity contribution in [2.24, 2.45) is 0 Å². The van der Waals surface area contributed by atoms with E-state index >= 15 is 0 Å². The summed E-state index contributed by atoms with van der Waals surface area (Å²) < 4.78 is 0. The number of hydrogen-bond donors (Lipinski definition) is 1. The van der Waals surface area contributed by atoms with Crippen LogP contribution < -0.4 is 0 Å². The molecule has 0 saturated carbocycles. The predicted octanol–water partition coefficient (Wildman–Crippen LogP) is 5.40. The summed E-state index contributed by atoms with van der Waals surface area (Å²) in [5.74, 6) is -0.771. The molecule has 3 aromatic rings. The lowest BCUT2D eigenvalue weighted by Crippen LogP contribution is -2.25. The summed E-state index contributed by atoms with van der Waals surface area (Å²) in [6.07, 6.45) is 2.86. The van der Waals surface area contributed by atoms with Crippen LogP contribution in [0.5, 0.6) is 0 Å². The number of nitrogens with zero attached hydrogens (tertiary/aromatic N) is 1. The van der Waals surface area contributed by atoms with Crippen molar-refractivity contribution in [1.29, 1.82) is 0 Å². The molecular weight excluding hydrogens is 358 g/mol. The molecule has 3 rings (SSSR count). The van der Waals surface area contributed by atoms with Gasteiger partial charge in [-0.25, -0.2) is 0 Å². The Hall–Kier alpha value is -3.17. The minimum absolute atomic E-state index is 0.130. The average molecular weight is 386 g/mol. The van der Waals surface area contributed by atoms with E-state index in [2.05, 4.69) is 72.1 Å². The Kier molecular flexibility index (Phi) is 7.37. The van der Waals surface area contributed by atoms with Crippen LogP contribution in [0, 0.1) is 0 Å². The molecule has 0 unspecified atom stereocenters. The summed E-state index contributed by atoms with van der Waals surface area (Å²) in [4.78, 5) is 13.3. The van der Waals surface area contributed by atoms with Crippen molar-refractivity contribution in [3.8, 4) is 0 Å². The van der Waals surface area contributed by atoms with Gasteiger partial charge in [-0.1, -0.05) is 91.5 Å². The zero-order valence-electron chi connectivity index (χ0n) is 16.6. The van der Waals surface area contributed by atoms with Crippen molar-refractivity contribution in [2.75, 3.05) is 6.54 Å². The van der Waals surface area contributed by atoms with Gasteiger partial charge in [-0.05, 0) is 34.2 Å².